The molecule has 4 nitrogen and oxygen atoms in total. The molecule has 2 aromatic carbocycles. The summed E-state index contributed by atoms with van der Waals surface area (Å²) in [6, 6.07) is 14.2. The van der Waals surface area contributed by atoms with Crippen molar-refractivity contribution >= 4 is 11.6 Å². The highest BCUT2D eigenvalue weighted by atomic mass is 19.1. The first-order valence-corrected chi connectivity index (χ1v) is 9.03. The molecule has 1 saturated heterocycles. The van der Waals surface area contributed by atoms with E-state index in [9.17, 15) is 9.18 Å². The third-order valence-corrected chi connectivity index (χ3v) is 4.48. The number of carbonyl (C=O) groups is 1. The number of nitrogens with zero attached hydrogens (tertiary/aromatic N) is 1. The molecule has 2 aromatic rings. The molecule has 0 aliphatic carbocycles. The average Bonchev–Trinajstić information content (AvgIpc) is 3.10. The Morgan fingerprint density at radius 1 is 1.27 bits per heavy atom. The molecular weight excluding hydrogens is 331 g/mol. The van der Waals surface area contributed by atoms with E-state index in [0.29, 0.717) is 13.1 Å². The third kappa shape index (κ3) is 5.64. The van der Waals surface area contributed by atoms with Gasteiger partial charge in [0.2, 0.25) is 5.91 Å². The molecule has 3 rings (SSSR count). The van der Waals surface area contributed by atoms with Crippen molar-refractivity contribution < 1.29 is 13.9 Å². The van der Waals surface area contributed by atoms with Crippen LogP contribution >= 0.6 is 0 Å². The van der Waals surface area contributed by atoms with Gasteiger partial charge in [0.05, 0.1) is 12.6 Å². The first-order chi connectivity index (χ1) is 12.6. The van der Waals surface area contributed by atoms with E-state index < -0.39 is 0 Å². The largest absolute Gasteiger partial charge is 0.377 e. The molecule has 0 saturated carbocycles. The molecule has 1 aliphatic rings. The second-order valence-electron chi connectivity index (χ2n) is 6.85. The number of hydrogen-bond acceptors (Lipinski definition) is 3. The number of aryl methyl sites for hydroxylation is 1. The summed E-state index contributed by atoms with van der Waals surface area (Å²) < 4.78 is 19.2. The number of amides is 1. The summed E-state index contributed by atoms with van der Waals surface area (Å²) in [5, 5.41) is 2.93. The van der Waals surface area contributed by atoms with Gasteiger partial charge < -0.3 is 10.1 Å². The van der Waals surface area contributed by atoms with Crippen LogP contribution in [0, 0.1) is 12.7 Å². The lowest BCUT2D eigenvalue weighted by Crippen LogP contribution is -2.38. The smallest absolute Gasteiger partial charge is 0.238 e. The van der Waals surface area contributed by atoms with Crippen LogP contribution in [0.1, 0.15) is 24.0 Å². The number of carbonyl (C=O) groups excluding carboxylic acids is 1. The number of ether oxygens (including phenoxy) is 1. The maximum absolute atomic E-state index is 13.5. The van der Waals surface area contributed by atoms with Crippen molar-refractivity contribution in [1.29, 1.82) is 0 Å². The Bertz CT molecular complexity index is 727. The van der Waals surface area contributed by atoms with Gasteiger partial charge in [0, 0.05) is 25.4 Å². The van der Waals surface area contributed by atoms with Crippen molar-refractivity contribution in [3.05, 3.63) is 65.5 Å². The normalized spacial score (nSPS) is 16.8. The van der Waals surface area contributed by atoms with Crippen molar-refractivity contribution in [2.24, 2.45) is 0 Å². The molecule has 138 valence electrons. The van der Waals surface area contributed by atoms with E-state index in [-0.39, 0.29) is 24.4 Å². The third-order valence-electron chi connectivity index (χ3n) is 4.48. The minimum absolute atomic E-state index is 0.0803. The van der Waals surface area contributed by atoms with Crippen LogP contribution in [0.3, 0.4) is 0 Å². The standard InChI is InChI=1S/C21H25FN2O2/c1-16-7-9-19(10-8-16)23-21(25)15-24(14-20-6-3-11-26-20)13-17-4-2-5-18(22)12-17/h2,4-5,7-10,12,20H,3,6,11,13-15H2,1H3,(H,23,25). The van der Waals surface area contributed by atoms with Crippen LogP contribution in [0.5, 0.6) is 0 Å². The number of rotatable bonds is 7. The Morgan fingerprint density at radius 3 is 2.77 bits per heavy atom. The van der Waals surface area contributed by atoms with Gasteiger partial charge in [-0.2, -0.15) is 0 Å². The molecule has 26 heavy (non-hydrogen) atoms. The van der Waals surface area contributed by atoms with Gasteiger partial charge in [-0.15, -0.1) is 0 Å². The van der Waals surface area contributed by atoms with E-state index in [4.69, 9.17) is 4.74 Å². The van der Waals surface area contributed by atoms with Gasteiger partial charge in [-0.25, -0.2) is 4.39 Å². The van der Waals surface area contributed by atoms with Gasteiger partial charge in [0.15, 0.2) is 0 Å². The second kappa shape index (κ2) is 8.92. The van der Waals surface area contributed by atoms with E-state index in [0.717, 1.165) is 36.3 Å². The Kier molecular flexibility index (Phi) is 6.36. The van der Waals surface area contributed by atoms with Gasteiger partial charge >= 0.3 is 0 Å². The fourth-order valence-corrected chi connectivity index (χ4v) is 3.20. The van der Waals surface area contributed by atoms with Crippen LogP contribution in [-0.2, 0) is 16.1 Å². The lowest BCUT2D eigenvalue weighted by atomic mass is 10.1. The van der Waals surface area contributed by atoms with E-state index in [1.807, 2.05) is 42.2 Å². The van der Waals surface area contributed by atoms with Gasteiger partial charge in [-0.1, -0.05) is 29.8 Å². The number of benzene rings is 2. The number of anilines is 1. The monoisotopic (exact) mass is 356 g/mol. The fraction of sp³-hybridized carbons (Fsp3) is 0.381. The van der Waals surface area contributed by atoms with E-state index in [2.05, 4.69) is 5.32 Å². The van der Waals surface area contributed by atoms with Crippen LogP contribution in [0.25, 0.3) is 0 Å². The quantitative estimate of drug-likeness (QED) is 0.821. The maximum atomic E-state index is 13.5. The van der Waals surface area contributed by atoms with E-state index >= 15 is 0 Å². The molecule has 1 unspecified atom stereocenters. The van der Waals surface area contributed by atoms with Crippen LogP contribution < -0.4 is 5.32 Å². The zero-order valence-corrected chi connectivity index (χ0v) is 15.1. The lowest BCUT2D eigenvalue weighted by molar-refractivity contribution is -0.117. The Balaban J connectivity index is 1.63. The molecule has 0 radical (unpaired) electrons. The lowest BCUT2D eigenvalue weighted by Gasteiger charge is -2.25. The highest BCUT2D eigenvalue weighted by Crippen LogP contribution is 2.16. The second-order valence-corrected chi connectivity index (χ2v) is 6.85. The van der Waals surface area contributed by atoms with Crippen molar-refractivity contribution in [3.63, 3.8) is 0 Å². The minimum Gasteiger partial charge on any atom is -0.377 e. The molecule has 1 amide bonds. The summed E-state index contributed by atoms with van der Waals surface area (Å²) in [4.78, 5) is 14.5. The predicted molar refractivity (Wildman–Crippen MR) is 100 cm³/mol. The summed E-state index contributed by atoms with van der Waals surface area (Å²) in [6.45, 7) is 4.20. The summed E-state index contributed by atoms with van der Waals surface area (Å²) in [6.07, 6.45) is 2.18. The van der Waals surface area contributed by atoms with E-state index in [1.165, 1.54) is 12.1 Å². The molecular formula is C21H25FN2O2. The van der Waals surface area contributed by atoms with Gasteiger partial charge in [0.1, 0.15) is 5.82 Å². The molecule has 0 spiro atoms. The summed E-state index contributed by atoms with van der Waals surface area (Å²) in [5.41, 5.74) is 2.78. The van der Waals surface area contributed by atoms with Gasteiger partial charge in [-0.05, 0) is 49.6 Å². The predicted octanol–water partition coefficient (Wildman–Crippen LogP) is 3.75. The summed E-state index contributed by atoms with van der Waals surface area (Å²) in [5.74, 6) is -0.341. The molecule has 1 fully saturated rings. The maximum Gasteiger partial charge on any atom is 0.238 e. The SMILES string of the molecule is Cc1ccc(NC(=O)CN(Cc2cccc(F)c2)CC2CCCO2)cc1. The zero-order chi connectivity index (χ0) is 18.4. The number of hydrogen-bond donors (Lipinski definition) is 1. The fourth-order valence-electron chi connectivity index (χ4n) is 3.20. The molecule has 1 N–H and O–H groups in total. The van der Waals surface area contributed by atoms with Crippen molar-refractivity contribution in [1.82, 2.24) is 4.90 Å². The zero-order valence-electron chi connectivity index (χ0n) is 15.1. The van der Waals surface area contributed by atoms with Crippen LogP contribution in [0.2, 0.25) is 0 Å². The Morgan fingerprint density at radius 2 is 2.08 bits per heavy atom. The van der Waals surface area contributed by atoms with Crippen molar-refractivity contribution in [2.75, 3.05) is 25.0 Å². The number of nitrogens with one attached hydrogen (secondary N) is 1. The van der Waals surface area contributed by atoms with Gasteiger partial charge in [0.25, 0.3) is 0 Å². The van der Waals surface area contributed by atoms with Crippen molar-refractivity contribution in [2.45, 2.75) is 32.4 Å². The molecule has 0 aromatic heterocycles. The topological polar surface area (TPSA) is 41.6 Å². The molecule has 1 aliphatic heterocycles. The van der Waals surface area contributed by atoms with Gasteiger partial charge in [-0.3, -0.25) is 9.69 Å². The van der Waals surface area contributed by atoms with E-state index in [1.54, 1.807) is 6.07 Å². The Labute approximate surface area is 154 Å². The first-order valence-electron chi connectivity index (χ1n) is 9.03. The number of halogens is 1. The molecule has 1 heterocycles. The molecule has 0 bridgehead atoms. The highest BCUT2D eigenvalue weighted by Gasteiger charge is 2.21. The average molecular weight is 356 g/mol. The summed E-state index contributed by atoms with van der Waals surface area (Å²) >= 11 is 0. The summed E-state index contributed by atoms with van der Waals surface area (Å²) in [7, 11) is 0. The van der Waals surface area contributed by atoms with Crippen molar-refractivity contribution in [3.8, 4) is 0 Å². The molecule has 5 heteroatoms. The minimum atomic E-state index is -0.260. The molecule has 1 atom stereocenters. The van der Waals surface area contributed by atoms with Crippen LogP contribution in [-0.4, -0.2) is 36.6 Å². The van der Waals surface area contributed by atoms with Crippen LogP contribution in [0.4, 0.5) is 10.1 Å². The Hall–Kier alpha value is -2.24. The highest BCUT2D eigenvalue weighted by molar-refractivity contribution is 5.92. The van der Waals surface area contributed by atoms with Crippen LogP contribution in [0.15, 0.2) is 48.5 Å². The first kappa shape index (κ1) is 18.5.